The summed E-state index contributed by atoms with van der Waals surface area (Å²) < 4.78 is 135. The van der Waals surface area contributed by atoms with E-state index in [-0.39, 0.29) is 30.7 Å². The Morgan fingerprint density at radius 1 is 0.541 bits per heavy atom. The van der Waals surface area contributed by atoms with Crippen molar-refractivity contribution < 1.29 is 61.6 Å². The van der Waals surface area contributed by atoms with Gasteiger partial charge in [-0.3, -0.25) is 0 Å². The van der Waals surface area contributed by atoms with Crippen LogP contribution in [0.3, 0.4) is 0 Å². The molecule has 2 aromatic carbocycles. The summed E-state index contributed by atoms with van der Waals surface area (Å²) in [6.45, 7) is 0. The van der Waals surface area contributed by atoms with Gasteiger partial charge in [-0.1, -0.05) is 0 Å². The molecule has 0 fully saturated rings. The van der Waals surface area contributed by atoms with Crippen molar-refractivity contribution in [3.8, 4) is 22.5 Å². The van der Waals surface area contributed by atoms with Crippen molar-refractivity contribution in [2.75, 3.05) is 0 Å². The minimum atomic E-state index is -4.72. The molecule has 0 unspecified atom stereocenters. The van der Waals surface area contributed by atoms with Crippen LogP contribution in [0.25, 0.3) is 22.5 Å². The van der Waals surface area contributed by atoms with Crippen LogP contribution in [-0.4, -0.2) is 9.97 Å². The van der Waals surface area contributed by atoms with Crippen LogP contribution in [0.2, 0.25) is 0 Å². The molecule has 0 bridgehead atoms. The minimum absolute atomic E-state index is 0.108. The quantitative estimate of drug-likeness (QED) is 0.229. The molecule has 37 heavy (non-hydrogen) atoms. The van der Waals surface area contributed by atoms with Gasteiger partial charge in [-0.2, -0.15) is 0 Å². The Balaban J connectivity index is 1.83. The van der Waals surface area contributed by atoms with E-state index < -0.39 is 64.4 Å². The van der Waals surface area contributed by atoms with Gasteiger partial charge in [0.15, 0.2) is 0 Å². The van der Waals surface area contributed by atoms with Crippen LogP contribution in [0.5, 0.6) is 0 Å². The molecule has 0 atom stereocenters. The second-order valence-electron chi connectivity index (χ2n) is 7.38. The molecule has 0 aliphatic heterocycles. The van der Waals surface area contributed by atoms with Crippen LogP contribution < -0.4 is 8.15 Å². The number of hydrogen-bond donors (Lipinski definition) is 0. The zero-order valence-corrected chi connectivity index (χ0v) is 20.2. The SMILES string of the molecule is Fc1cc(F)c(-c2ccc(C(F)(F)F)cn2)[c]([Ir][c]2cc(F)cc(F)c2-c2ccc(C(F)(F)F)cn2)c1. The van der Waals surface area contributed by atoms with Crippen LogP contribution in [0.4, 0.5) is 43.9 Å². The van der Waals surface area contributed by atoms with Gasteiger partial charge in [-0.25, -0.2) is 0 Å². The molecule has 2 aromatic heterocycles. The molecule has 0 spiro atoms. The van der Waals surface area contributed by atoms with Crippen LogP contribution in [0, 0.1) is 23.3 Å². The Morgan fingerprint density at radius 2 is 0.919 bits per heavy atom. The van der Waals surface area contributed by atoms with Gasteiger partial charge in [0, 0.05) is 0 Å². The fourth-order valence-electron chi connectivity index (χ4n) is 3.19. The van der Waals surface area contributed by atoms with Crippen molar-refractivity contribution in [1.82, 2.24) is 9.97 Å². The van der Waals surface area contributed by atoms with Crippen molar-refractivity contribution in [2.24, 2.45) is 0 Å². The van der Waals surface area contributed by atoms with E-state index in [9.17, 15) is 43.9 Å². The van der Waals surface area contributed by atoms with Crippen LogP contribution in [-0.2, 0) is 30.0 Å². The van der Waals surface area contributed by atoms with Gasteiger partial charge < -0.3 is 0 Å². The van der Waals surface area contributed by atoms with E-state index in [2.05, 4.69) is 9.97 Å². The number of alkyl halides is 6. The Bertz CT molecular complexity index is 1340. The van der Waals surface area contributed by atoms with Crippen LogP contribution in [0.1, 0.15) is 11.1 Å². The molecule has 0 radical (unpaired) electrons. The number of rotatable bonds is 4. The number of hydrogen-bond acceptors (Lipinski definition) is 2. The first kappa shape index (κ1) is 26.7. The first-order valence-electron chi connectivity index (χ1n) is 9.89. The monoisotopic (exact) mass is 709 g/mol. The molecular weight excluding hydrogens is 698 g/mol. The van der Waals surface area contributed by atoms with Gasteiger partial charge in [0.25, 0.3) is 0 Å². The van der Waals surface area contributed by atoms with E-state index in [4.69, 9.17) is 0 Å². The van der Waals surface area contributed by atoms with E-state index in [1.165, 1.54) is 0 Å². The van der Waals surface area contributed by atoms with Crippen molar-refractivity contribution in [3.05, 3.63) is 95.3 Å². The third-order valence-corrected chi connectivity index (χ3v) is 8.03. The third kappa shape index (κ3) is 5.83. The van der Waals surface area contributed by atoms with Crippen LogP contribution in [0.15, 0.2) is 60.9 Å². The summed E-state index contributed by atoms with van der Waals surface area (Å²) in [7, 11) is 0. The predicted octanol–water partition coefficient (Wildman–Crippen LogP) is 6.44. The number of pyridine rings is 2. The van der Waals surface area contributed by atoms with E-state index in [0.29, 0.717) is 36.7 Å². The Morgan fingerprint density at radius 3 is 1.22 bits per heavy atom. The molecule has 4 aromatic rings. The van der Waals surface area contributed by atoms with Gasteiger partial charge in [0.2, 0.25) is 0 Å². The third-order valence-electron chi connectivity index (χ3n) is 4.85. The molecule has 195 valence electrons. The zero-order chi connectivity index (χ0) is 27.1. The molecule has 2 nitrogen and oxygen atoms in total. The molecule has 13 heteroatoms. The summed E-state index contributed by atoms with van der Waals surface area (Å²) in [6.07, 6.45) is -8.51. The van der Waals surface area contributed by atoms with Gasteiger partial charge in [0.05, 0.1) is 0 Å². The fraction of sp³-hybridized carbons (Fsp3) is 0.0833. The summed E-state index contributed by atoms with van der Waals surface area (Å²) in [6, 6.07) is 5.74. The fourth-order valence-corrected chi connectivity index (χ4v) is 6.67. The normalized spacial score (nSPS) is 12.3. The van der Waals surface area contributed by atoms with E-state index in [1.54, 1.807) is 0 Å². The molecule has 0 saturated heterocycles. The van der Waals surface area contributed by atoms with Gasteiger partial charge in [-0.15, -0.1) is 0 Å². The van der Waals surface area contributed by atoms with Crippen molar-refractivity contribution >= 4 is 8.15 Å². The van der Waals surface area contributed by atoms with Crippen molar-refractivity contribution in [1.29, 1.82) is 0 Å². The number of halogens is 10. The molecule has 0 amide bonds. The van der Waals surface area contributed by atoms with Gasteiger partial charge in [0.1, 0.15) is 0 Å². The second kappa shape index (κ2) is 9.86. The van der Waals surface area contributed by atoms with E-state index in [0.717, 1.165) is 24.3 Å². The summed E-state index contributed by atoms with van der Waals surface area (Å²) in [5.74, 6) is -4.45. The summed E-state index contributed by atoms with van der Waals surface area (Å²) >= 11 is -2.06. The molecule has 0 aliphatic rings. The standard InChI is InChI=1S/2C12H5F5N.Ir/c2*13-8-2-3-9(10(14)5-8)11-4-1-7(6-18-11)12(15,16)17;/h2*1-2,4-6H;. The average Bonchev–Trinajstić information content (AvgIpc) is 2.77. The molecule has 0 saturated carbocycles. The molecule has 2 heterocycles. The molecule has 0 aliphatic carbocycles. The Hall–Kier alpha value is -3.31. The Kier molecular flexibility index (Phi) is 7.13. The first-order chi connectivity index (χ1) is 17.2. The van der Waals surface area contributed by atoms with Crippen molar-refractivity contribution in [2.45, 2.75) is 12.4 Å². The number of aromatic nitrogens is 2. The maximum atomic E-state index is 14.8. The topological polar surface area (TPSA) is 25.8 Å². The summed E-state index contributed by atoms with van der Waals surface area (Å²) in [4.78, 5) is 7.25. The number of benzene rings is 2. The first-order valence-corrected chi connectivity index (χ1v) is 12.3. The van der Waals surface area contributed by atoms with Gasteiger partial charge in [-0.05, 0) is 0 Å². The predicted molar refractivity (Wildman–Crippen MR) is 108 cm³/mol. The van der Waals surface area contributed by atoms with Gasteiger partial charge >= 0.3 is 210 Å². The van der Waals surface area contributed by atoms with E-state index >= 15 is 0 Å². The van der Waals surface area contributed by atoms with E-state index in [1.807, 2.05) is 0 Å². The summed E-state index contributed by atoms with van der Waals surface area (Å²) in [5, 5.41) is 0. The number of nitrogens with zero attached hydrogens (tertiary/aromatic N) is 2. The second-order valence-corrected chi connectivity index (χ2v) is 10.6. The maximum absolute atomic E-state index is 14.8. The average molecular weight is 709 g/mol. The molecule has 4 rings (SSSR count). The molecule has 0 N–H and O–H groups in total. The Labute approximate surface area is 210 Å². The molecular formula is C24H10F10IrN2. The van der Waals surface area contributed by atoms with Crippen LogP contribution >= 0.6 is 0 Å². The van der Waals surface area contributed by atoms with Crippen molar-refractivity contribution in [3.63, 3.8) is 0 Å². The summed E-state index contributed by atoms with van der Waals surface area (Å²) in [5.41, 5.74) is -3.53. The zero-order valence-electron chi connectivity index (χ0n) is 17.8.